The van der Waals surface area contributed by atoms with Crippen LogP contribution >= 0.6 is 0 Å². The van der Waals surface area contributed by atoms with Gasteiger partial charge in [0, 0.05) is 37.6 Å². The molecule has 0 radical (unpaired) electrons. The molecule has 1 N–H and O–H groups in total. The van der Waals surface area contributed by atoms with Crippen molar-refractivity contribution in [2.45, 2.75) is 13.8 Å². The molecule has 1 fully saturated rings. The Bertz CT molecular complexity index is 883. The van der Waals surface area contributed by atoms with Crippen molar-refractivity contribution in [2.75, 3.05) is 41.3 Å². The lowest BCUT2D eigenvalue weighted by Crippen LogP contribution is -2.46. The van der Waals surface area contributed by atoms with E-state index in [9.17, 15) is 0 Å². The number of aryl methyl sites for hydroxylation is 2. The number of benzene rings is 2. The first-order valence-corrected chi connectivity index (χ1v) is 9.27. The second-order valence-electron chi connectivity index (χ2n) is 6.95. The second-order valence-corrected chi connectivity index (χ2v) is 6.95. The molecule has 6 nitrogen and oxygen atoms in total. The summed E-state index contributed by atoms with van der Waals surface area (Å²) in [5.74, 6) is 1.40. The van der Waals surface area contributed by atoms with Gasteiger partial charge in [0.15, 0.2) is 5.82 Å². The molecule has 1 aromatic heterocycles. The predicted molar refractivity (Wildman–Crippen MR) is 110 cm³/mol. The fourth-order valence-electron chi connectivity index (χ4n) is 3.51. The lowest BCUT2D eigenvalue weighted by molar-refractivity contribution is 0.645. The van der Waals surface area contributed by atoms with Crippen LogP contribution in [0.15, 0.2) is 54.7 Å². The molecule has 138 valence electrons. The third-order valence-corrected chi connectivity index (χ3v) is 4.75. The van der Waals surface area contributed by atoms with E-state index in [0.717, 1.165) is 37.7 Å². The quantitative estimate of drug-likeness (QED) is 0.768. The second kappa shape index (κ2) is 7.61. The minimum absolute atomic E-state index is 0.531. The first kappa shape index (κ1) is 17.3. The fraction of sp³-hybridized carbons (Fsp3) is 0.286. The van der Waals surface area contributed by atoms with E-state index in [1.165, 1.54) is 16.8 Å². The molecule has 4 rings (SSSR count). The maximum Gasteiger partial charge on any atom is 0.249 e. The van der Waals surface area contributed by atoms with Crippen LogP contribution in [-0.4, -0.2) is 41.4 Å². The predicted octanol–water partition coefficient (Wildman–Crippen LogP) is 3.56. The zero-order valence-corrected chi connectivity index (χ0v) is 15.8. The van der Waals surface area contributed by atoms with Crippen LogP contribution in [0.5, 0.6) is 0 Å². The first-order valence-electron chi connectivity index (χ1n) is 9.27. The topological polar surface area (TPSA) is 57.2 Å². The Kier molecular flexibility index (Phi) is 4.87. The van der Waals surface area contributed by atoms with Crippen molar-refractivity contribution in [3.63, 3.8) is 0 Å². The average molecular weight is 360 g/mol. The maximum absolute atomic E-state index is 4.67. The van der Waals surface area contributed by atoms with Crippen molar-refractivity contribution in [1.82, 2.24) is 15.2 Å². The van der Waals surface area contributed by atoms with Gasteiger partial charge in [0.25, 0.3) is 0 Å². The summed E-state index contributed by atoms with van der Waals surface area (Å²) in [6.07, 6.45) is 1.74. The van der Waals surface area contributed by atoms with Crippen LogP contribution in [0.2, 0.25) is 0 Å². The van der Waals surface area contributed by atoms with Crippen LogP contribution in [0.1, 0.15) is 11.1 Å². The molecule has 1 saturated heterocycles. The van der Waals surface area contributed by atoms with Crippen molar-refractivity contribution in [1.29, 1.82) is 0 Å². The molecule has 0 unspecified atom stereocenters. The molecule has 0 amide bonds. The number of anilines is 4. The van der Waals surface area contributed by atoms with Gasteiger partial charge in [-0.1, -0.05) is 24.3 Å². The summed E-state index contributed by atoms with van der Waals surface area (Å²) in [6.45, 7) is 7.93. The Morgan fingerprint density at radius 2 is 1.52 bits per heavy atom. The Morgan fingerprint density at radius 1 is 0.852 bits per heavy atom. The van der Waals surface area contributed by atoms with Crippen LogP contribution in [0.25, 0.3) is 0 Å². The van der Waals surface area contributed by atoms with Crippen LogP contribution in [-0.2, 0) is 0 Å². The summed E-state index contributed by atoms with van der Waals surface area (Å²) >= 11 is 0. The SMILES string of the molecule is Cc1cc(C)cc(Nc2nncc(N3CCN(c4ccccc4)CC3)n2)c1. The van der Waals surface area contributed by atoms with E-state index in [1.807, 2.05) is 0 Å². The molecule has 0 spiro atoms. The molecule has 2 aromatic carbocycles. The number of nitrogens with one attached hydrogen (secondary N) is 1. The third-order valence-electron chi connectivity index (χ3n) is 4.75. The molecule has 1 aliphatic heterocycles. The van der Waals surface area contributed by atoms with Crippen molar-refractivity contribution in [3.8, 4) is 0 Å². The smallest absolute Gasteiger partial charge is 0.249 e. The van der Waals surface area contributed by atoms with Gasteiger partial charge < -0.3 is 15.1 Å². The highest BCUT2D eigenvalue weighted by atomic mass is 15.3. The molecular formula is C21H24N6. The zero-order valence-electron chi connectivity index (χ0n) is 15.8. The van der Waals surface area contributed by atoms with E-state index in [4.69, 9.17) is 0 Å². The van der Waals surface area contributed by atoms with E-state index in [0.29, 0.717) is 5.95 Å². The molecule has 2 heterocycles. The molecule has 27 heavy (non-hydrogen) atoms. The van der Waals surface area contributed by atoms with Crippen LogP contribution in [0, 0.1) is 13.8 Å². The van der Waals surface area contributed by atoms with Crippen molar-refractivity contribution in [3.05, 3.63) is 65.9 Å². The third kappa shape index (κ3) is 4.16. The minimum atomic E-state index is 0.531. The summed E-state index contributed by atoms with van der Waals surface area (Å²) in [7, 11) is 0. The monoisotopic (exact) mass is 360 g/mol. The minimum Gasteiger partial charge on any atom is -0.368 e. The summed E-state index contributed by atoms with van der Waals surface area (Å²) in [6, 6.07) is 16.9. The van der Waals surface area contributed by atoms with Crippen molar-refractivity contribution >= 4 is 23.1 Å². The Labute approximate surface area is 159 Å². The van der Waals surface area contributed by atoms with Gasteiger partial charge in [-0.15, -0.1) is 5.10 Å². The van der Waals surface area contributed by atoms with Gasteiger partial charge >= 0.3 is 0 Å². The van der Waals surface area contributed by atoms with Gasteiger partial charge in [0.05, 0.1) is 6.20 Å². The van der Waals surface area contributed by atoms with Gasteiger partial charge in [-0.3, -0.25) is 0 Å². The van der Waals surface area contributed by atoms with E-state index in [1.54, 1.807) is 6.20 Å². The van der Waals surface area contributed by atoms with E-state index >= 15 is 0 Å². The largest absolute Gasteiger partial charge is 0.368 e. The molecule has 1 aliphatic rings. The summed E-state index contributed by atoms with van der Waals surface area (Å²) in [5, 5.41) is 11.6. The normalized spacial score (nSPS) is 14.3. The summed E-state index contributed by atoms with van der Waals surface area (Å²) < 4.78 is 0. The Morgan fingerprint density at radius 3 is 2.22 bits per heavy atom. The number of hydrogen-bond acceptors (Lipinski definition) is 6. The number of rotatable bonds is 4. The van der Waals surface area contributed by atoms with Crippen LogP contribution in [0.4, 0.5) is 23.1 Å². The number of nitrogens with zero attached hydrogens (tertiary/aromatic N) is 5. The highest BCUT2D eigenvalue weighted by Gasteiger charge is 2.19. The van der Waals surface area contributed by atoms with Gasteiger partial charge in [0.2, 0.25) is 5.95 Å². The van der Waals surface area contributed by atoms with Gasteiger partial charge in [-0.25, -0.2) is 0 Å². The fourth-order valence-corrected chi connectivity index (χ4v) is 3.51. The molecule has 3 aromatic rings. The summed E-state index contributed by atoms with van der Waals surface area (Å²) in [4.78, 5) is 9.34. The molecule has 0 atom stereocenters. The molecular weight excluding hydrogens is 336 g/mol. The first-order chi connectivity index (χ1) is 13.2. The number of aromatic nitrogens is 3. The van der Waals surface area contributed by atoms with E-state index < -0.39 is 0 Å². The average Bonchev–Trinajstić information content (AvgIpc) is 2.68. The number of para-hydroxylation sites is 1. The van der Waals surface area contributed by atoms with Gasteiger partial charge in [0.1, 0.15) is 0 Å². The van der Waals surface area contributed by atoms with Crippen LogP contribution < -0.4 is 15.1 Å². The van der Waals surface area contributed by atoms with Crippen molar-refractivity contribution in [2.24, 2.45) is 0 Å². The van der Waals surface area contributed by atoms with E-state index in [-0.39, 0.29) is 0 Å². The van der Waals surface area contributed by atoms with Crippen molar-refractivity contribution < 1.29 is 0 Å². The lowest BCUT2D eigenvalue weighted by atomic mass is 10.1. The lowest BCUT2D eigenvalue weighted by Gasteiger charge is -2.36. The zero-order chi connectivity index (χ0) is 18.6. The number of piperazine rings is 1. The Hall–Kier alpha value is -3.15. The highest BCUT2D eigenvalue weighted by Crippen LogP contribution is 2.21. The summed E-state index contributed by atoms with van der Waals surface area (Å²) in [5.41, 5.74) is 4.67. The number of hydrogen-bond donors (Lipinski definition) is 1. The van der Waals surface area contributed by atoms with E-state index in [2.05, 4.69) is 92.7 Å². The highest BCUT2D eigenvalue weighted by molar-refractivity contribution is 5.57. The molecule has 0 aliphatic carbocycles. The van der Waals surface area contributed by atoms with Crippen LogP contribution in [0.3, 0.4) is 0 Å². The molecule has 6 heteroatoms. The molecule has 0 bridgehead atoms. The Balaban J connectivity index is 1.44. The van der Waals surface area contributed by atoms with Gasteiger partial charge in [-0.05, 0) is 49.2 Å². The molecule has 0 saturated carbocycles. The van der Waals surface area contributed by atoms with Gasteiger partial charge in [-0.2, -0.15) is 10.1 Å². The standard InChI is InChI=1S/C21H24N6/c1-16-12-17(2)14-18(13-16)23-21-24-20(15-22-25-21)27-10-8-26(9-11-27)19-6-4-3-5-7-19/h3-7,12-15H,8-11H2,1-2H3,(H,23,24,25). The maximum atomic E-state index is 4.67.